The number of nitrogens with two attached hydrogens (primary N) is 1. The molecule has 2 aliphatic rings. The van der Waals surface area contributed by atoms with Gasteiger partial charge in [-0.1, -0.05) is 0 Å². The quantitative estimate of drug-likeness (QED) is 0.728. The zero-order chi connectivity index (χ0) is 10.8. The summed E-state index contributed by atoms with van der Waals surface area (Å²) in [5.41, 5.74) is 5.86. The van der Waals surface area contributed by atoms with Crippen molar-refractivity contribution in [3.05, 3.63) is 0 Å². The van der Waals surface area contributed by atoms with Gasteiger partial charge in [-0.25, -0.2) is 0 Å². The number of amides is 1. The molecule has 3 nitrogen and oxygen atoms in total. The number of carbonyl (C=O) groups is 1. The zero-order valence-electron chi connectivity index (χ0n) is 8.99. The van der Waals surface area contributed by atoms with Crippen LogP contribution in [0.3, 0.4) is 0 Å². The molecule has 2 rings (SSSR count). The second-order valence-electron chi connectivity index (χ2n) is 4.84. The summed E-state index contributed by atoms with van der Waals surface area (Å²) in [6, 6.07) is 0.785. The third-order valence-electron chi connectivity index (χ3n) is 3.64. The summed E-state index contributed by atoms with van der Waals surface area (Å²) in [6.45, 7) is 0.863. The topological polar surface area (TPSA) is 46.3 Å². The predicted molar refractivity (Wildman–Crippen MR) is 60.8 cm³/mol. The highest BCUT2D eigenvalue weighted by atomic mass is 35.5. The first kappa shape index (κ1) is 11.2. The predicted octanol–water partition coefficient (Wildman–Crippen LogP) is 1.34. The maximum Gasteiger partial charge on any atom is 0.223 e. The van der Waals surface area contributed by atoms with E-state index in [1.165, 1.54) is 0 Å². The number of likely N-dealkylation sites (tertiary alicyclic amines) is 1. The van der Waals surface area contributed by atoms with Crippen LogP contribution < -0.4 is 5.73 Å². The van der Waals surface area contributed by atoms with Gasteiger partial charge in [0.2, 0.25) is 5.91 Å². The standard InChI is InChI=1S/C11H19ClN2O/c12-6-8-5-11(15)14(7-8)10-3-1-9(13)2-4-10/h8-10H,1-7,13H2. The van der Waals surface area contributed by atoms with Gasteiger partial charge in [0.15, 0.2) is 0 Å². The minimum absolute atomic E-state index is 0.293. The van der Waals surface area contributed by atoms with E-state index in [0.29, 0.717) is 36.2 Å². The SMILES string of the molecule is NC1CCC(N2CC(CCl)CC2=O)CC1. The fourth-order valence-electron chi connectivity index (χ4n) is 2.68. The van der Waals surface area contributed by atoms with Crippen LogP contribution in [0, 0.1) is 5.92 Å². The van der Waals surface area contributed by atoms with Gasteiger partial charge in [-0.3, -0.25) is 4.79 Å². The normalized spacial score (nSPS) is 37.3. The smallest absolute Gasteiger partial charge is 0.223 e. The van der Waals surface area contributed by atoms with Crippen molar-refractivity contribution >= 4 is 17.5 Å². The molecule has 0 aromatic heterocycles. The van der Waals surface area contributed by atoms with E-state index in [1.54, 1.807) is 0 Å². The lowest BCUT2D eigenvalue weighted by molar-refractivity contribution is -0.130. The molecule has 0 aromatic carbocycles. The molecule has 1 atom stereocenters. The highest BCUT2D eigenvalue weighted by Gasteiger charge is 2.35. The Morgan fingerprint density at radius 1 is 1.33 bits per heavy atom. The van der Waals surface area contributed by atoms with Crippen LogP contribution in [0.25, 0.3) is 0 Å². The van der Waals surface area contributed by atoms with Crippen LogP contribution in [0.5, 0.6) is 0 Å². The van der Waals surface area contributed by atoms with Crippen molar-refractivity contribution in [2.75, 3.05) is 12.4 Å². The van der Waals surface area contributed by atoms with Crippen LogP contribution in [-0.4, -0.2) is 35.3 Å². The molecule has 0 spiro atoms. The van der Waals surface area contributed by atoms with E-state index < -0.39 is 0 Å². The van der Waals surface area contributed by atoms with Crippen molar-refractivity contribution in [3.8, 4) is 0 Å². The van der Waals surface area contributed by atoms with Crippen molar-refractivity contribution in [3.63, 3.8) is 0 Å². The first-order valence-electron chi connectivity index (χ1n) is 5.81. The number of alkyl halides is 1. The Labute approximate surface area is 95.9 Å². The van der Waals surface area contributed by atoms with E-state index in [4.69, 9.17) is 17.3 Å². The first-order valence-corrected chi connectivity index (χ1v) is 6.35. The van der Waals surface area contributed by atoms with Crippen molar-refractivity contribution < 1.29 is 4.79 Å². The van der Waals surface area contributed by atoms with Gasteiger partial charge >= 0.3 is 0 Å². The number of nitrogens with zero attached hydrogens (tertiary/aromatic N) is 1. The summed E-state index contributed by atoms with van der Waals surface area (Å²) in [7, 11) is 0. The van der Waals surface area contributed by atoms with Gasteiger partial charge in [0, 0.05) is 30.9 Å². The Kier molecular flexibility index (Phi) is 3.52. The minimum Gasteiger partial charge on any atom is -0.339 e. The van der Waals surface area contributed by atoms with Crippen molar-refractivity contribution in [1.82, 2.24) is 4.90 Å². The van der Waals surface area contributed by atoms with Gasteiger partial charge in [-0.05, 0) is 31.6 Å². The van der Waals surface area contributed by atoms with Crippen LogP contribution >= 0.6 is 11.6 Å². The van der Waals surface area contributed by atoms with E-state index >= 15 is 0 Å². The maximum atomic E-state index is 11.8. The Morgan fingerprint density at radius 3 is 2.53 bits per heavy atom. The second-order valence-corrected chi connectivity index (χ2v) is 5.15. The number of halogens is 1. The van der Waals surface area contributed by atoms with E-state index in [2.05, 4.69) is 0 Å². The Hall–Kier alpha value is -0.280. The molecule has 1 aliphatic heterocycles. The molecule has 4 heteroatoms. The number of hydrogen-bond acceptors (Lipinski definition) is 2. The van der Waals surface area contributed by atoms with Gasteiger partial charge in [-0.2, -0.15) is 0 Å². The Morgan fingerprint density at radius 2 is 2.00 bits per heavy atom. The molecule has 2 N–H and O–H groups in total. The molecule has 15 heavy (non-hydrogen) atoms. The third-order valence-corrected chi connectivity index (χ3v) is 4.08. The molecule has 1 saturated heterocycles. The summed E-state index contributed by atoms with van der Waals surface area (Å²) in [5.74, 6) is 1.27. The lowest BCUT2D eigenvalue weighted by Gasteiger charge is -2.33. The molecule has 86 valence electrons. The maximum absolute atomic E-state index is 11.8. The molecular formula is C11H19ClN2O. The molecule has 0 bridgehead atoms. The molecule has 0 radical (unpaired) electrons. The van der Waals surface area contributed by atoms with Gasteiger partial charge in [-0.15, -0.1) is 11.6 Å². The highest BCUT2D eigenvalue weighted by molar-refractivity contribution is 6.18. The molecule has 1 unspecified atom stereocenters. The largest absolute Gasteiger partial charge is 0.339 e. The summed E-state index contributed by atoms with van der Waals surface area (Å²) < 4.78 is 0. The molecular weight excluding hydrogens is 212 g/mol. The molecule has 1 saturated carbocycles. The van der Waals surface area contributed by atoms with E-state index in [-0.39, 0.29) is 0 Å². The minimum atomic E-state index is 0.293. The highest BCUT2D eigenvalue weighted by Crippen LogP contribution is 2.28. The summed E-state index contributed by atoms with van der Waals surface area (Å²) in [4.78, 5) is 13.8. The fraction of sp³-hybridized carbons (Fsp3) is 0.909. The van der Waals surface area contributed by atoms with Crippen molar-refractivity contribution in [2.45, 2.75) is 44.2 Å². The lowest BCUT2D eigenvalue weighted by Crippen LogP contribution is -2.41. The van der Waals surface area contributed by atoms with Crippen LogP contribution in [-0.2, 0) is 4.79 Å². The number of hydrogen-bond donors (Lipinski definition) is 1. The van der Waals surface area contributed by atoms with Crippen LogP contribution in [0.4, 0.5) is 0 Å². The Bertz CT molecular complexity index is 239. The van der Waals surface area contributed by atoms with Gasteiger partial charge in [0.05, 0.1) is 0 Å². The summed E-state index contributed by atoms with van der Waals surface area (Å²) >= 11 is 5.80. The van der Waals surface area contributed by atoms with Gasteiger partial charge in [0.1, 0.15) is 0 Å². The number of rotatable bonds is 2. The van der Waals surface area contributed by atoms with Crippen LogP contribution in [0.2, 0.25) is 0 Å². The molecule has 0 aromatic rings. The second kappa shape index (κ2) is 4.71. The van der Waals surface area contributed by atoms with Crippen molar-refractivity contribution in [1.29, 1.82) is 0 Å². The summed E-state index contributed by atoms with van der Waals surface area (Å²) in [6.07, 6.45) is 4.90. The molecule has 1 amide bonds. The Balaban J connectivity index is 1.91. The van der Waals surface area contributed by atoms with Crippen molar-refractivity contribution in [2.24, 2.45) is 11.7 Å². The molecule has 1 heterocycles. The molecule has 1 aliphatic carbocycles. The first-order chi connectivity index (χ1) is 7.20. The van der Waals surface area contributed by atoms with Gasteiger partial charge in [0.25, 0.3) is 0 Å². The van der Waals surface area contributed by atoms with Crippen LogP contribution in [0.1, 0.15) is 32.1 Å². The van der Waals surface area contributed by atoms with Gasteiger partial charge < -0.3 is 10.6 Å². The summed E-state index contributed by atoms with van der Waals surface area (Å²) in [5, 5.41) is 0. The monoisotopic (exact) mass is 230 g/mol. The zero-order valence-corrected chi connectivity index (χ0v) is 9.75. The third kappa shape index (κ3) is 2.45. The van der Waals surface area contributed by atoms with E-state index in [0.717, 1.165) is 32.2 Å². The number of carbonyl (C=O) groups excluding carboxylic acids is 1. The van der Waals surface area contributed by atoms with E-state index in [9.17, 15) is 4.79 Å². The molecule has 2 fully saturated rings. The lowest BCUT2D eigenvalue weighted by atomic mass is 9.91. The van der Waals surface area contributed by atoms with Crippen LogP contribution in [0.15, 0.2) is 0 Å². The average molecular weight is 231 g/mol. The van der Waals surface area contributed by atoms with E-state index in [1.807, 2.05) is 4.90 Å². The average Bonchev–Trinajstić information content (AvgIpc) is 2.61. The fourth-order valence-corrected chi connectivity index (χ4v) is 2.88.